The molecule has 0 fully saturated rings. The van der Waals surface area contributed by atoms with Crippen LogP contribution < -0.4 is 5.32 Å². The fourth-order valence-electron chi connectivity index (χ4n) is 2.63. The van der Waals surface area contributed by atoms with Crippen molar-refractivity contribution in [2.24, 2.45) is 5.41 Å². The molecule has 0 saturated heterocycles. The third kappa shape index (κ3) is 3.18. The average molecular weight is 275 g/mol. The van der Waals surface area contributed by atoms with Crippen LogP contribution in [0.3, 0.4) is 0 Å². The summed E-state index contributed by atoms with van der Waals surface area (Å²) in [6, 6.07) is 8.13. The number of benzene rings is 1. The van der Waals surface area contributed by atoms with E-state index in [4.69, 9.17) is 5.11 Å². The van der Waals surface area contributed by atoms with Crippen molar-refractivity contribution in [2.45, 2.75) is 45.6 Å². The van der Waals surface area contributed by atoms with Crippen LogP contribution in [0.25, 0.3) is 0 Å². The van der Waals surface area contributed by atoms with E-state index in [0.717, 1.165) is 19.3 Å². The zero-order valence-corrected chi connectivity index (χ0v) is 12.0. The molecule has 0 saturated carbocycles. The van der Waals surface area contributed by atoms with E-state index in [0.29, 0.717) is 0 Å². The smallest absolute Gasteiger partial charge is 0.309 e. The van der Waals surface area contributed by atoms with Crippen LogP contribution in [-0.2, 0) is 16.0 Å². The minimum Gasteiger partial charge on any atom is -0.481 e. The van der Waals surface area contributed by atoms with Gasteiger partial charge in [0.2, 0.25) is 5.91 Å². The first-order valence-electron chi connectivity index (χ1n) is 7.01. The quantitative estimate of drug-likeness (QED) is 0.887. The maximum absolute atomic E-state index is 12.1. The monoisotopic (exact) mass is 275 g/mol. The maximum atomic E-state index is 12.1. The molecule has 108 valence electrons. The van der Waals surface area contributed by atoms with Crippen LogP contribution in [0.1, 0.15) is 50.3 Å². The zero-order chi connectivity index (χ0) is 14.8. The molecule has 1 atom stereocenters. The summed E-state index contributed by atoms with van der Waals surface area (Å²) >= 11 is 0. The topological polar surface area (TPSA) is 66.4 Å². The molecule has 4 nitrogen and oxygen atoms in total. The van der Waals surface area contributed by atoms with Crippen molar-refractivity contribution in [1.82, 2.24) is 5.32 Å². The summed E-state index contributed by atoms with van der Waals surface area (Å²) in [6.45, 7) is 3.15. The number of aryl methyl sites for hydroxylation is 1. The first kappa shape index (κ1) is 14.6. The molecule has 0 bridgehead atoms. The fourth-order valence-corrected chi connectivity index (χ4v) is 2.63. The highest BCUT2D eigenvalue weighted by Crippen LogP contribution is 2.30. The highest BCUT2D eigenvalue weighted by molar-refractivity contribution is 5.84. The van der Waals surface area contributed by atoms with E-state index in [1.807, 2.05) is 18.2 Å². The number of hydrogen-bond donors (Lipinski definition) is 2. The number of carbonyl (C=O) groups excluding carboxylic acids is 1. The third-order valence-electron chi connectivity index (χ3n) is 3.89. The molecular formula is C16H21NO3. The van der Waals surface area contributed by atoms with Crippen molar-refractivity contribution >= 4 is 11.9 Å². The molecule has 1 amide bonds. The van der Waals surface area contributed by atoms with Gasteiger partial charge in [-0.05, 0) is 44.2 Å². The minimum atomic E-state index is -1.03. The van der Waals surface area contributed by atoms with E-state index >= 15 is 0 Å². The molecule has 0 heterocycles. The van der Waals surface area contributed by atoms with E-state index in [-0.39, 0.29) is 18.4 Å². The fraction of sp³-hybridized carbons (Fsp3) is 0.500. The normalized spacial score (nSPS) is 18.2. The third-order valence-corrected chi connectivity index (χ3v) is 3.89. The van der Waals surface area contributed by atoms with E-state index < -0.39 is 11.4 Å². The molecular weight excluding hydrogens is 254 g/mol. The summed E-state index contributed by atoms with van der Waals surface area (Å²) in [6.07, 6.45) is 3.00. The summed E-state index contributed by atoms with van der Waals surface area (Å²) in [7, 11) is 0. The highest BCUT2D eigenvalue weighted by atomic mass is 16.4. The van der Waals surface area contributed by atoms with Crippen molar-refractivity contribution in [1.29, 1.82) is 0 Å². The number of fused-ring (bicyclic) bond motifs is 1. The molecule has 2 rings (SSSR count). The number of nitrogens with one attached hydrogen (secondary N) is 1. The number of hydrogen-bond acceptors (Lipinski definition) is 2. The lowest BCUT2D eigenvalue weighted by atomic mass is 9.86. The van der Waals surface area contributed by atoms with Crippen LogP contribution in [0.15, 0.2) is 24.3 Å². The number of rotatable bonds is 4. The van der Waals surface area contributed by atoms with Crippen LogP contribution in [0.4, 0.5) is 0 Å². The predicted molar refractivity (Wildman–Crippen MR) is 76.3 cm³/mol. The summed E-state index contributed by atoms with van der Waals surface area (Å²) < 4.78 is 0. The molecule has 0 spiro atoms. The lowest BCUT2D eigenvalue weighted by molar-refractivity contribution is -0.149. The Morgan fingerprint density at radius 3 is 2.75 bits per heavy atom. The molecule has 2 N–H and O–H groups in total. The number of amides is 1. The summed E-state index contributed by atoms with van der Waals surface area (Å²) in [5, 5.41) is 12.1. The van der Waals surface area contributed by atoms with Crippen LogP contribution in [-0.4, -0.2) is 17.0 Å². The van der Waals surface area contributed by atoms with E-state index in [1.54, 1.807) is 13.8 Å². The predicted octanol–water partition coefficient (Wildman–Crippen LogP) is 2.68. The molecule has 0 aromatic heterocycles. The van der Waals surface area contributed by atoms with Gasteiger partial charge in [-0.2, -0.15) is 0 Å². The second kappa shape index (κ2) is 5.65. The van der Waals surface area contributed by atoms with E-state index in [2.05, 4.69) is 11.4 Å². The molecule has 1 aromatic rings. The van der Waals surface area contributed by atoms with Gasteiger partial charge in [-0.25, -0.2) is 0 Å². The van der Waals surface area contributed by atoms with Gasteiger partial charge in [0.05, 0.1) is 11.5 Å². The summed E-state index contributed by atoms with van der Waals surface area (Å²) in [5.41, 5.74) is 1.42. The van der Waals surface area contributed by atoms with Gasteiger partial charge in [-0.3, -0.25) is 9.59 Å². The zero-order valence-electron chi connectivity index (χ0n) is 12.0. The van der Waals surface area contributed by atoms with E-state index in [1.165, 1.54) is 11.1 Å². The van der Waals surface area contributed by atoms with Crippen molar-refractivity contribution in [3.63, 3.8) is 0 Å². The van der Waals surface area contributed by atoms with Crippen molar-refractivity contribution in [3.05, 3.63) is 35.4 Å². The Bertz CT molecular complexity index is 522. The van der Waals surface area contributed by atoms with Gasteiger partial charge in [0, 0.05) is 6.42 Å². The molecule has 1 aliphatic carbocycles. The first-order chi connectivity index (χ1) is 9.40. The Morgan fingerprint density at radius 1 is 1.35 bits per heavy atom. The molecule has 20 heavy (non-hydrogen) atoms. The number of aliphatic carboxylic acids is 1. The van der Waals surface area contributed by atoms with Crippen LogP contribution in [0.2, 0.25) is 0 Å². The second-order valence-corrected chi connectivity index (χ2v) is 6.08. The maximum Gasteiger partial charge on any atom is 0.309 e. The van der Waals surface area contributed by atoms with Gasteiger partial charge in [-0.1, -0.05) is 24.3 Å². The molecule has 0 aliphatic heterocycles. The largest absolute Gasteiger partial charge is 0.481 e. The minimum absolute atomic E-state index is 0.000992. The van der Waals surface area contributed by atoms with Crippen molar-refractivity contribution in [2.75, 3.05) is 0 Å². The van der Waals surface area contributed by atoms with Crippen LogP contribution in [0.5, 0.6) is 0 Å². The van der Waals surface area contributed by atoms with Crippen molar-refractivity contribution < 1.29 is 14.7 Å². The standard InChI is InChI=1S/C16H21NO3/c1-16(2,15(19)20)10-14(18)17-13-9-5-7-11-6-3-4-8-12(11)13/h3-4,6,8,13H,5,7,9-10H2,1-2H3,(H,17,18)(H,19,20). The van der Waals surface area contributed by atoms with Crippen molar-refractivity contribution in [3.8, 4) is 0 Å². The summed E-state index contributed by atoms with van der Waals surface area (Å²) in [5.74, 6) is -1.14. The number of carbonyl (C=O) groups is 2. The molecule has 4 heteroatoms. The molecule has 1 unspecified atom stereocenters. The lowest BCUT2D eigenvalue weighted by Gasteiger charge is -2.27. The van der Waals surface area contributed by atoms with Gasteiger partial charge in [-0.15, -0.1) is 0 Å². The van der Waals surface area contributed by atoms with E-state index in [9.17, 15) is 9.59 Å². The van der Waals surface area contributed by atoms with Gasteiger partial charge < -0.3 is 10.4 Å². The Kier molecular flexibility index (Phi) is 4.12. The first-order valence-corrected chi connectivity index (χ1v) is 7.01. The average Bonchev–Trinajstić information content (AvgIpc) is 2.38. The molecule has 1 aromatic carbocycles. The van der Waals surface area contributed by atoms with Crippen LogP contribution in [0, 0.1) is 5.41 Å². The van der Waals surface area contributed by atoms with Gasteiger partial charge in [0.1, 0.15) is 0 Å². The number of carboxylic acid groups (broad SMARTS) is 1. The van der Waals surface area contributed by atoms with Gasteiger partial charge in [0.25, 0.3) is 0 Å². The summed E-state index contributed by atoms with van der Waals surface area (Å²) in [4.78, 5) is 23.1. The molecule has 1 aliphatic rings. The van der Waals surface area contributed by atoms with Gasteiger partial charge in [0.15, 0.2) is 0 Å². The Balaban J connectivity index is 2.05. The highest BCUT2D eigenvalue weighted by Gasteiger charge is 2.31. The second-order valence-electron chi connectivity index (χ2n) is 6.08. The van der Waals surface area contributed by atoms with Gasteiger partial charge >= 0.3 is 5.97 Å². The Labute approximate surface area is 119 Å². The Hall–Kier alpha value is -1.84. The van der Waals surface area contributed by atoms with Crippen LogP contribution >= 0.6 is 0 Å². The Morgan fingerprint density at radius 2 is 2.05 bits per heavy atom. The number of carboxylic acids is 1. The SMILES string of the molecule is CC(C)(CC(=O)NC1CCCc2ccccc21)C(=O)O. The lowest BCUT2D eigenvalue weighted by Crippen LogP contribution is -2.36. The molecule has 0 radical (unpaired) electrons.